The number of nitrogens with one attached hydrogen (secondary N) is 1. The number of hydrogen-bond donors (Lipinski definition) is 2. The molecule has 28 heavy (non-hydrogen) atoms. The molecule has 9 heteroatoms. The molecule has 0 aromatic heterocycles. The van der Waals surface area contributed by atoms with Crippen LogP contribution in [0.25, 0.3) is 0 Å². The zero-order chi connectivity index (χ0) is 20.7. The third-order valence-corrected chi connectivity index (χ3v) is 6.05. The van der Waals surface area contributed by atoms with Gasteiger partial charge in [-0.25, -0.2) is 18.2 Å². The lowest BCUT2D eigenvalue weighted by atomic mass is 10.1. The van der Waals surface area contributed by atoms with Crippen molar-refractivity contribution in [2.75, 3.05) is 10.5 Å². The molecule has 0 aliphatic heterocycles. The number of para-hydroxylation sites is 2. The van der Waals surface area contributed by atoms with Gasteiger partial charge < -0.3 is 5.11 Å². The Balaban J connectivity index is 2.35. The number of sulfonamides is 1. The molecule has 0 aliphatic carbocycles. The Bertz CT molecular complexity index is 1060. The van der Waals surface area contributed by atoms with Gasteiger partial charge in [0.25, 0.3) is 10.0 Å². The number of carbonyl (C=O) groups is 1. The molecule has 2 N–H and O–H groups in total. The Hall–Kier alpha value is -2.78. The van der Waals surface area contributed by atoms with E-state index in [2.05, 4.69) is 9.71 Å². The highest BCUT2D eigenvalue weighted by Gasteiger charge is 2.20. The number of aliphatic imine (C=N–C) groups is 1. The summed E-state index contributed by atoms with van der Waals surface area (Å²) in [5.41, 5.74) is 2.03. The van der Waals surface area contributed by atoms with Gasteiger partial charge in [-0.1, -0.05) is 30.4 Å². The van der Waals surface area contributed by atoms with Gasteiger partial charge in [-0.05, 0) is 43.7 Å². The summed E-state index contributed by atoms with van der Waals surface area (Å²) < 4.78 is 39.9. The summed E-state index contributed by atoms with van der Waals surface area (Å²) in [6.45, 7) is 3.40. The van der Waals surface area contributed by atoms with Crippen LogP contribution < -0.4 is 4.72 Å². The molecule has 1 atom stereocenters. The van der Waals surface area contributed by atoms with E-state index in [0.717, 1.165) is 6.07 Å². The molecule has 0 spiro atoms. The Kier molecular flexibility index (Phi) is 7.24. The first kappa shape index (κ1) is 21.5. The van der Waals surface area contributed by atoms with E-state index in [4.69, 9.17) is 5.11 Å². The Morgan fingerprint density at radius 1 is 1.25 bits per heavy atom. The smallest absolute Gasteiger partial charge is 0.335 e. The number of hydrogen-bond acceptors (Lipinski definition) is 5. The maximum absolute atomic E-state index is 12.8. The second-order valence-corrected chi connectivity index (χ2v) is 8.72. The minimum Gasteiger partial charge on any atom is -0.478 e. The molecule has 2 aromatic carbocycles. The van der Waals surface area contributed by atoms with Gasteiger partial charge in [-0.15, -0.1) is 0 Å². The van der Waals surface area contributed by atoms with Crippen molar-refractivity contribution in [2.24, 2.45) is 4.99 Å². The van der Waals surface area contributed by atoms with Crippen molar-refractivity contribution >= 4 is 43.7 Å². The lowest BCUT2D eigenvalue weighted by molar-refractivity contribution is 0.0696. The maximum Gasteiger partial charge on any atom is 0.335 e. The molecule has 2 aromatic rings. The molecule has 0 saturated carbocycles. The van der Waals surface area contributed by atoms with E-state index in [-0.39, 0.29) is 16.1 Å². The number of aryl methyl sites for hydroxylation is 1. The van der Waals surface area contributed by atoms with E-state index in [1.807, 2.05) is 6.92 Å². The Labute approximate surface area is 166 Å². The largest absolute Gasteiger partial charge is 0.478 e. The standard InChI is InChI=1S/C19H20N2O5S2/c1-3-4-11-27(24)13-20-16-7-5-6-8-17(16)21-28(25,26)18-12-15(19(22)23)10-9-14(18)2/h3-10,12-13,21H,11H2,1-2H3,(H,22,23)/b4-3-,20-13?. The van der Waals surface area contributed by atoms with Crippen molar-refractivity contribution in [3.05, 3.63) is 65.7 Å². The Morgan fingerprint density at radius 2 is 1.96 bits per heavy atom. The SMILES string of the molecule is C/C=C\CS(=O)C=Nc1ccccc1NS(=O)(=O)c1cc(C(=O)O)ccc1C. The van der Waals surface area contributed by atoms with E-state index < -0.39 is 26.8 Å². The summed E-state index contributed by atoms with van der Waals surface area (Å²) >= 11 is 0. The zero-order valence-corrected chi connectivity index (χ0v) is 17.0. The number of anilines is 1. The number of rotatable bonds is 8. The normalized spacial score (nSPS) is 13.1. The van der Waals surface area contributed by atoms with Crippen LogP contribution in [0, 0.1) is 6.92 Å². The van der Waals surface area contributed by atoms with Gasteiger partial charge in [0.05, 0.1) is 38.2 Å². The van der Waals surface area contributed by atoms with Crippen LogP contribution in [0.1, 0.15) is 22.8 Å². The summed E-state index contributed by atoms with van der Waals surface area (Å²) in [4.78, 5) is 15.1. The van der Waals surface area contributed by atoms with Crippen molar-refractivity contribution in [2.45, 2.75) is 18.7 Å². The van der Waals surface area contributed by atoms with Crippen molar-refractivity contribution in [3.63, 3.8) is 0 Å². The van der Waals surface area contributed by atoms with Crippen LogP contribution in [0.3, 0.4) is 0 Å². The second kappa shape index (κ2) is 9.43. The first-order valence-electron chi connectivity index (χ1n) is 8.23. The third-order valence-electron chi connectivity index (χ3n) is 3.68. The molecule has 0 saturated heterocycles. The fourth-order valence-corrected chi connectivity index (χ4v) is 4.29. The van der Waals surface area contributed by atoms with Gasteiger partial charge in [-0.2, -0.15) is 0 Å². The molecule has 0 amide bonds. The monoisotopic (exact) mass is 420 g/mol. The molecule has 0 aliphatic rings. The molecule has 0 fully saturated rings. The topological polar surface area (TPSA) is 113 Å². The number of benzene rings is 2. The van der Waals surface area contributed by atoms with Gasteiger partial charge >= 0.3 is 5.97 Å². The molecule has 2 rings (SSSR count). The van der Waals surface area contributed by atoms with Crippen molar-refractivity contribution in [1.82, 2.24) is 0 Å². The van der Waals surface area contributed by atoms with Gasteiger partial charge in [0.2, 0.25) is 0 Å². The van der Waals surface area contributed by atoms with Crippen LogP contribution in [-0.4, -0.2) is 35.0 Å². The fourth-order valence-electron chi connectivity index (χ4n) is 2.24. The lowest BCUT2D eigenvalue weighted by Gasteiger charge is -2.12. The zero-order valence-electron chi connectivity index (χ0n) is 15.3. The average Bonchev–Trinajstić information content (AvgIpc) is 2.65. The molecule has 148 valence electrons. The van der Waals surface area contributed by atoms with E-state index >= 15 is 0 Å². The predicted octanol–water partition coefficient (Wildman–Crippen LogP) is 3.48. The van der Waals surface area contributed by atoms with Crippen LogP contribution in [0.15, 0.2) is 64.5 Å². The Morgan fingerprint density at radius 3 is 2.64 bits per heavy atom. The first-order chi connectivity index (χ1) is 13.2. The van der Waals surface area contributed by atoms with Gasteiger partial charge in [0.1, 0.15) is 0 Å². The number of aromatic carboxylic acids is 1. The molecule has 0 bridgehead atoms. The highest BCUT2D eigenvalue weighted by Crippen LogP contribution is 2.28. The molecular formula is C19H20N2O5S2. The van der Waals surface area contributed by atoms with Crippen LogP contribution >= 0.6 is 0 Å². The van der Waals surface area contributed by atoms with Crippen molar-refractivity contribution in [1.29, 1.82) is 0 Å². The number of carboxylic acid groups (broad SMARTS) is 1. The summed E-state index contributed by atoms with van der Waals surface area (Å²) in [6.07, 6.45) is 3.52. The number of allylic oxidation sites excluding steroid dienone is 1. The average molecular weight is 421 g/mol. The number of carboxylic acids is 1. The van der Waals surface area contributed by atoms with E-state index in [9.17, 15) is 17.4 Å². The summed E-state index contributed by atoms with van der Waals surface area (Å²) in [7, 11) is -5.37. The molecule has 0 heterocycles. The molecule has 7 nitrogen and oxygen atoms in total. The molecule has 1 unspecified atom stereocenters. The predicted molar refractivity (Wildman–Crippen MR) is 111 cm³/mol. The summed E-state index contributed by atoms with van der Waals surface area (Å²) in [5.74, 6) is -0.903. The summed E-state index contributed by atoms with van der Waals surface area (Å²) in [5, 5.41) is 9.12. The third kappa shape index (κ3) is 5.61. The molecule has 0 radical (unpaired) electrons. The first-order valence-corrected chi connectivity index (χ1v) is 11.1. The highest BCUT2D eigenvalue weighted by molar-refractivity contribution is 7.98. The minimum absolute atomic E-state index is 0.128. The van der Waals surface area contributed by atoms with Crippen LogP contribution in [-0.2, 0) is 20.8 Å². The van der Waals surface area contributed by atoms with Crippen molar-refractivity contribution in [3.8, 4) is 0 Å². The van der Waals surface area contributed by atoms with Gasteiger partial charge in [0.15, 0.2) is 0 Å². The summed E-state index contributed by atoms with van der Waals surface area (Å²) in [6, 6.07) is 10.3. The van der Waals surface area contributed by atoms with E-state index in [0.29, 0.717) is 17.0 Å². The number of nitrogens with zero attached hydrogens (tertiary/aromatic N) is 1. The van der Waals surface area contributed by atoms with E-state index in [1.54, 1.807) is 37.3 Å². The van der Waals surface area contributed by atoms with Crippen LogP contribution in [0.5, 0.6) is 0 Å². The highest BCUT2D eigenvalue weighted by atomic mass is 32.2. The second-order valence-electron chi connectivity index (χ2n) is 5.76. The lowest BCUT2D eigenvalue weighted by Crippen LogP contribution is -2.15. The van der Waals surface area contributed by atoms with E-state index in [1.165, 1.54) is 23.7 Å². The van der Waals surface area contributed by atoms with Crippen LogP contribution in [0.4, 0.5) is 11.4 Å². The van der Waals surface area contributed by atoms with Crippen molar-refractivity contribution < 1.29 is 22.5 Å². The minimum atomic E-state index is -4.05. The molecular weight excluding hydrogens is 400 g/mol. The van der Waals surface area contributed by atoms with Crippen LogP contribution in [0.2, 0.25) is 0 Å². The fraction of sp³-hybridized carbons (Fsp3) is 0.158. The van der Waals surface area contributed by atoms with Gasteiger partial charge in [0, 0.05) is 5.75 Å². The quantitative estimate of drug-likeness (QED) is 0.386. The van der Waals surface area contributed by atoms with Gasteiger partial charge in [-0.3, -0.25) is 8.93 Å². The maximum atomic E-state index is 12.8.